The quantitative estimate of drug-likeness (QED) is 0.714. The highest BCUT2D eigenvalue weighted by Crippen LogP contribution is 2.30. The van der Waals surface area contributed by atoms with Crippen molar-refractivity contribution in [3.05, 3.63) is 64.3 Å². The van der Waals surface area contributed by atoms with Crippen molar-refractivity contribution in [3.8, 4) is 5.75 Å². The highest BCUT2D eigenvalue weighted by atomic mass is 35.5. The molecule has 1 aromatic heterocycles. The molecule has 0 saturated heterocycles. The molecule has 0 bridgehead atoms. The van der Waals surface area contributed by atoms with Crippen LogP contribution in [0.2, 0.25) is 5.02 Å². The average Bonchev–Trinajstić information content (AvgIpc) is 2.91. The molecule has 0 amide bonds. The van der Waals surface area contributed by atoms with Gasteiger partial charge in [0.2, 0.25) is 0 Å². The number of phenols is 1. The van der Waals surface area contributed by atoms with E-state index in [1.807, 2.05) is 37.4 Å². The summed E-state index contributed by atoms with van der Waals surface area (Å²) < 4.78 is 6.71. The molecule has 0 radical (unpaired) electrons. The van der Waals surface area contributed by atoms with Gasteiger partial charge in [0.1, 0.15) is 11.3 Å². The molecule has 0 fully saturated rings. The maximum Gasteiger partial charge on any atom is 0.341 e. The summed E-state index contributed by atoms with van der Waals surface area (Å²) >= 11 is 6.04. The number of phenolic OH excluding ortho intramolecular Hbond substituents is 1. The van der Waals surface area contributed by atoms with Crippen LogP contribution in [-0.4, -0.2) is 22.8 Å². The van der Waals surface area contributed by atoms with E-state index in [0.717, 1.165) is 16.6 Å². The third-order valence-electron chi connectivity index (χ3n) is 3.93. The molecule has 0 atom stereocenters. The second kappa shape index (κ2) is 6.42. The first-order chi connectivity index (χ1) is 11.5. The second-order valence-electron chi connectivity index (χ2n) is 5.40. The third kappa shape index (κ3) is 2.88. The van der Waals surface area contributed by atoms with Crippen molar-refractivity contribution < 1.29 is 14.6 Å². The number of para-hydroxylation sites is 1. The van der Waals surface area contributed by atoms with E-state index in [2.05, 4.69) is 15.4 Å². The standard InChI is InChI=1S/C19H16ClNO3/c1-21-15(10-12-5-3-4-6-17(12)21)8-7-13-9-14(20)11-16(18(13)22)19(23)24-2/h3-11,22H,1-2H3. The van der Waals surface area contributed by atoms with Crippen LogP contribution in [0.3, 0.4) is 0 Å². The number of esters is 1. The number of hydrogen-bond acceptors (Lipinski definition) is 3. The number of rotatable bonds is 3. The van der Waals surface area contributed by atoms with Gasteiger partial charge >= 0.3 is 5.97 Å². The molecule has 3 aromatic rings. The summed E-state index contributed by atoms with van der Waals surface area (Å²) in [6, 6.07) is 13.1. The Balaban J connectivity index is 2.04. The van der Waals surface area contributed by atoms with E-state index in [9.17, 15) is 9.90 Å². The zero-order valence-corrected chi connectivity index (χ0v) is 14.0. The zero-order valence-electron chi connectivity index (χ0n) is 13.3. The van der Waals surface area contributed by atoms with Crippen LogP contribution < -0.4 is 0 Å². The van der Waals surface area contributed by atoms with Crippen LogP contribution in [0, 0.1) is 0 Å². The van der Waals surface area contributed by atoms with Gasteiger partial charge in [-0.2, -0.15) is 0 Å². The Morgan fingerprint density at radius 1 is 1.21 bits per heavy atom. The number of benzene rings is 2. The van der Waals surface area contributed by atoms with Crippen LogP contribution in [0.4, 0.5) is 0 Å². The zero-order chi connectivity index (χ0) is 17.3. The van der Waals surface area contributed by atoms with Gasteiger partial charge in [0.25, 0.3) is 0 Å². The van der Waals surface area contributed by atoms with Crippen LogP contribution in [0.15, 0.2) is 42.5 Å². The Morgan fingerprint density at radius 3 is 2.67 bits per heavy atom. The van der Waals surface area contributed by atoms with E-state index in [-0.39, 0.29) is 11.3 Å². The highest BCUT2D eigenvalue weighted by molar-refractivity contribution is 6.31. The Morgan fingerprint density at radius 2 is 1.96 bits per heavy atom. The Bertz CT molecular complexity index is 957. The van der Waals surface area contributed by atoms with Crippen molar-refractivity contribution in [2.24, 2.45) is 7.05 Å². The molecule has 1 N–H and O–H groups in total. The molecule has 2 aromatic carbocycles. The summed E-state index contributed by atoms with van der Waals surface area (Å²) in [6.45, 7) is 0. The number of methoxy groups -OCH3 is 1. The van der Waals surface area contributed by atoms with Crippen molar-refractivity contribution in [2.45, 2.75) is 0 Å². The molecule has 0 spiro atoms. The SMILES string of the molecule is COC(=O)c1cc(Cl)cc(C=Cc2cc3ccccc3n2C)c1O. The fourth-order valence-electron chi connectivity index (χ4n) is 2.66. The molecule has 122 valence electrons. The lowest BCUT2D eigenvalue weighted by Crippen LogP contribution is -2.02. The first-order valence-corrected chi connectivity index (χ1v) is 7.72. The topological polar surface area (TPSA) is 51.5 Å². The number of carbonyl (C=O) groups excluding carboxylic acids is 1. The Hall–Kier alpha value is -2.72. The van der Waals surface area contributed by atoms with Gasteiger partial charge in [-0.3, -0.25) is 0 Å². The van der Waals surface area contributed by atoms with Crippen LogP contribution in [0.1, 0.15) is 21.6 Å². The fourth-order valence-corrected chi connectivity index (χ4v) is 2.88. The largest absolute Gasteiger partial charge is 0.506 e. The van der Waals surface area contributed by atoms with E-state index in [0.29, 0.717) is 10.6 Å². The van der Waals surface area contributed by atoms with Gasteiger partial charge in [-0.1, -0.05) is 29.8 Å². The summed E-state index contributed by atoms with van der Waals surface area (Å²) in [4.78, 5) is 11.7. The molecule has 3 rings (SSSR count). The first-order valence-electron chi connectivity index (χ1n) is 7.34. The maximum atomic E-state index is 11.7. The molecule has 4 nitrogen and oxygen atoms in total. The van der Waals surface area contributed by atoms with Gasteiger partial charge in [-0.15, -0.1) is 0 Å². The molecule has 1 heterocycles. The van der Waals surface area contributed by atoms with Crippen LogP contribution in [0.5, 0.6) is 5.75 Å². The number of ether oxygens (including phenoxy) is 1. The van der Waals surface area contributed by atoms with E-state index in [4.69, 9.17) is 11.6 Å². The number of halogens is 1. The fraction of sp³-hybridized carbons (Fsp3) is 0.105. The van der Waals surface area contributed by atoms with Crippen LogP contribution in [-0.2, 0) is 11.8 Å². The minimum atomic E-state index is -0.630. The summed E-state index contributed by atoms with van der Waals surface area (Å²) in [5.41, 5.74) is 2.58. The third-order valence-corrected chi connectivity index (χ3v) is 4.15. The van der Waals surface area contributed by atoms with Gasteiger partial charge in [0.05, 0.1) is 7.11 Å². The Labute approximate surface area is 144 Å². The number of aromatic hydroxyl groups is 1. The Kier molecular flexibility index (Phi) is 4.32. The predicted molar refractivity (Wildman–Crippen MR) is 96.3 cm³/mol. The minimum Gasteiger partial charge on any atom is -0.506 e. The monoisotopic (exact) mass is 341 g/mol. The normalized spacial score (nSPS) is 11.3. The summed E-state index contributed by atoms with van der Waals surface area (Å²) in [6.07, 6.45) is 3.59. The van der Waals surface area contributed by atoms with E-state index < -0.39 is 5.97 Å². The number of aryl methyl sites for hydroxylation is 1. The van der Waals surface area contributed by atoms with E-state index >= 15 is 0 Å². The van der Waals surface area contributed by atoms with E-state index in [1.54, 1.807) is 12.1 Å². The molecule has 0 aliphatic heterocycles. The van der Waals surface area contributed by atoms with Gasteiger partial charge < -0.3 is 14.4 Å². The number of carbonyl (C=O) groups is 1. The van der Waals surface area contributed by atoms with Crippen LogP contribution in [0.25, 0.3) is 23.1 Å². The lowest BCUT2D eigenvalue weighted by Gasteiger charge is -2.07. The van der Waals surface area contributed by atoms with Gasteiger partial charge in [-0.25, -0.2) is 4.79 Å². The molecule has 0 aliphatic carbocycles. The van der Waals surface area contributed by atoms with Crippen molar-refractivity contribution in [1.82, 2.24) is 4.57 Å². The molecule has 24 heavy (non-hydrogen) atoms. The molecule has 5 heteroatoms. The average molecular weight is 342 g/mol. The minimum absolute atomic E-state index is 0.0432. The molecule has 0 aliphatic rings. The first kappa shape index (κ1) is 16.1. The molecular formula is C19H16ClNO3. The van der Waals surface area contributed by atoms with Crippen molar-refractivity contribution in [1.29, 1.82) is 0 Å². The van der Waals surface area contributed by atoms with Gasteiger partial charge in [-0.05, 0) is 36.4 Å². The summed E-state index contributed by atoms with van der Waals surface area (Å²) in [5, 5.41) is 11.8. The molecule has 0 saturated carbocycles. The number of fused-ring (bicyclic) bond motifs is 1. The smallest absolute Gasteiger partial charge is 0.341 e. The summed E-state index contributed by atoms with van der Waals surface area (Å²) in [5.74, 6) is -0.782. The van der Waals surface area contributed by atoms with E-state index in [1.165, 1.54) is 13.2 Å². The summed E-state index contributed by atoms with van der Waals surface area (Å²) in [7, 11) is 3.23. The molecular weight excluding hydrogens is 326 g/mol. The number of nitrogens with zero attached hydrogens (tertiary/aromatic N) is 1. The van der Waals surface area contributed by atoms with Crippen molar-refractivity contribution >= 4 is 40.6 Å². The van der Waals surface area contributed by atoms with Crippen molar-refractivity contribution in [2.75, 3.05) is 7.11 Å². The van der Waals surface area contributed by atoms with Gasteiger partial charge in [0.15, 0.2) is 0 Å². The van der Waals surface area contributed by atoms with Crippen LogP contribution >= 0.6 is 11.6 Å². The predicted octanol–water partition coefficient (Wildman–Crippen LogP) is 4.49. The second-order valence-corrected chi connectivity index (χ2v) is 5.84. The van der Waals surface area contributed by atoms with Gasteiger partial charge in [0, 0.05) is 34.2 Å². The van der Waals surface area contributed by atoms with Crippen molar-refractivity contribution in [3.63, 3.8) is 0 Å². The number of aromatic nitrogens is 1. The lowest BCUT2D eigenvalue weighted by molar-refractivity contribution is 0.0597. The lowest BCUT2D eigenvalue weighted by atomic mass is 10.1. The maximum absolute atomic E-state index is 11.7. The molecule has 0 unspecified atom stereocenters. The number of hydrogen-bond donors (Lipinski definition) is 1. The highest BCUT2D eigenvalue weighted by Gasteiger charge is 2.15.